The van der Waals surface area contributed by atoms with Crippen molar-refractivity contribution in [1.82, 2.24) is 0 Å². The van der Waals surface area contributed by atoms with E-state index in [-0.39, 0.29) is 35.0 Å². The molecule has 4 nitrogen and oxygen atoms in total. The van der Waals surface area contributed by atoms with Gasteiger partial charge in [0.05, 0.1) is 19.1 Å². The second kappa shape index (κ2) is 8.33. The molecule has 5 aliphatic carbocycles. The van der Waals surface area contributed by atoms with Crippen LogP contribution >= 0.6 is 0 Å². The van der Waals surface area contributed by atoms with Gasteiger partial charge in [-0.05, 0) is 103 Å². The quantitative estimate of drug-likeness (QED) is 0.545. The largest absolute Gasteiger partial charge is 0.478 e. The van der Waals surface area contributed by atoms with Crippen LogP contribution in [0.3, 0.4) is 0 Å². The van der Waals surface area contributed by atoms with E-state index in [4.69, 9.17) is 4.74 Å². The standard InChI is InChI=1S/C28H35FO4/c1-27-12-9-18(26(31)32)15-19(27)4-6-21-22-7-8-25(28(22,2)13-10-23(21)27)33-14-11-17-3-5-20(29)16-24(17)30/h3-5,15,21-23,25H,6-14,16H2,1-2H3,(H,31,32)/t21-,22-,23-,25-,27-,28-/m0/s1. The van der Waals surface area contributed by atoms with Gasteiger partial charge < -0.3 is 9.84 Å². The number of rotatable bonds is 5. The molecule has 0 amide bonds. The Kier molecular flexibility index (Phi) is 5.75. The van der Waals surface area contributed by atoms with E-state index in [0.29, 0.717) is 48.3 Å². The minimum Gasteiger partial charge on any atom is -0.478 e. The van der Waals surface area contributed by atoms with Crippen molar-refractivity contribution in [1.29, 1.82) is 0 Å². The number of carboxylic acid groups (broad SMARTS) is 1. The van der Waals surface area contributed by atoms with Crippen molar-refractivity contribution < 1.29 is 23.8 Å². The number of hydrogen-bond acceptors (Lipinski definition) is 3. The minimum absolute atomic E-state index is 0.0821. The maximum atomic E-state index is 13.3. The molecule has 33 heavy (non-hydrogen) atoms. The number of carbonyl (C=O) groups excluding carboxylic acids is 1. The van der Waals surface area contributed by atoms with Crippen LogP contribution in [-0.4, -0.2) is 29.6 Å². The van der Waals surface area contributed by atoms with E-state index < -0.39 is 5.97 Å². The first-order valence-electron chi connectivity index (χ1n) is 12.6. The van der Waals surface area contributed by atoms with Gasteiger partial charge >= 0.3 is 5.97 Å². The predicted octanol–water partition coefficient (Wildman–Crippen LogP) is 6.10. The van der Waals surface area contributed by atoms with Crippen molar-refractivity contribution in [2.75, 3.05) is 6.61 Å². The Labute approximate surface area is 195 Å². The number of carbonyl (C=O) groups is 2. The normalized spacial score (nSPS) is 40.0. The van der Waals surface area contributed by atoms with Crippen molar-refractivity contribution in [3.63, 3.8) is 0 Å². The molecule has 0 heterocycles. The van der Waals surface area contributed by atoms with Gasteiger partial charge in [0.1, 0.15) is 5.83 Å². The average molecular weight is 455 g/mol. The average Bonchev–Trinajstić information content (AvgIpc) is 3.11. The molecule has 1 N–H and O–H groups in total. The number of ketones is 1. The molecule has 0 aromatic heterocycles. The van der Waals surface area contributed by atoms with Crippen LogP contribution in [0.1, 0.15) is 71.6 Å². The van der Waals surface area contributed by atoms with E-state index in [1.54, 1.807) is 6.08 Å². The lowest BCUT2D eigenvalue weighted by atomic mass is 9.48. The Hall–Kier alpha value is -2.01. The molecule has 0 aliphatic heterocycles. The van der Waals surface area contributed by atoms with E-state index in [0.717, 1.165) is 32.1 Å². The Balaban J connectivity index is 1.28. The summed E-state index contributed by atoms with van der Waals surface area (Å²) in [5, 5.41) is 9.46. The topological polar surface area (TPSA) is 63.6 Å². The third kappa shape index (κ3) is 3.77. The molecule has 0 spiro atoms. The summed E-state index contributed by atoms with van der Waals surface area (Å²) in [6, 6.07) is 0. The van der Waals surface area contributed by atoms with Gasteiger partial charge in [0.15, 0.2) is 5.78 Å². The number of carboxylic acids is 1. The fourth-order valence-corrected chi connectivity index (χ4v) is 7.86. The van der Waals surface area contributed by atoms with E-state index in [1.165, 1.54) is 18.1 Å². The summed E-state index contributed by atoms with van der Waals surface area (Å²) >= 11 is 0. The zero-order chi connectivity index (χ0) is 23.4. The van der Waals surface area contributed by atoms with E-state index in [2.05, 4.69) is 19.9 Å². The highest BCUT2D eigenvalue weighted by Crippen LogP contribution is 2.65. The first-order chi connectivity index (χ1) is 15.7. The van der Waals surface area contributed by atoms with Crippen LogP contribution in [-0.2, 0) is 14.3 Å². The van der Waals surface area contributed by atoms with Gasteiger partial charge in [-0.3, -0.25) is 4.79 Å². The second-order valence-corrected chi connectivity index (χ2v) is 11.3. The van der Waals surface area contributed by atoms with Crippen molar-refractivity contribution in [3.8, 4) is 0 Å². The minimum atomic E-state index is -0.779. The first kappa shape index (κ1) is 22.8. The molecule has 2 saturated carbocycles. The SMILES string of the molecule is C[C@]12CC[C@H]3[C@@H](CC=C4C=C(C(=O)O)CC[C@@]43C)[C@@H]1CC[C@@H]2OCCC1=CC=C(F)CC1=O. The second-order valence-electron chi connectivity index (χ2n) is 11.3. The van der Waals surface area contributed by atoms with Crippen LogP contribution in [0.25, 0.3) is 0 Å². The molecule has 5 aliphatic rings. The lowest BCUT2D eigenvalue weighted by Crippen LogP contribution is -2.50. The highest BCUT2D eigenvalue weighted by Gasteiger charge is 2.58. The smallest absolute Gasteiger partial charge is 0.331 e. The fourth-order valence-electron chi connectivity index (χ4n) is 7.86. The third-order valence-corrected chi connectivity index (χ3v) is 9.80. The molecule has 5 rings (SSSR count). The fraction of sp³-hybridized carbons (Fsp3) is 0.643. The molecule has 0 aromatic carbocycles. The van der Waals surface area contributed by atoms with Crippen molar-refractivity contribution in [2.45, 2.75) is 77.7 Å². The van der Waals surface area contributed by atoms with Crippen molar-refractivity contribution in [2.24, 2.45) is 28.6 Å². The number of hydrogen-bond donors (Lipinski definition) is 1. The summed E-state index contributed by atoms with van der Waals surface area (Å²) in [7, 11) is 0. The van der Waals surface area contributed by atoms with Crippen LogP contribution in [0.15, 0.2) is 46.9 Å². The molecule has 0 saturated heterocycles. The molecule has 2 fully saturated rings. The highest BCUT2D eigenvalue weighted by atomic mass is 19.1. The summed E-state index contributed by atoms with van der Waals surface area (Å²) in [5.41, 5.74) is 2.70. The van der Waals surface area contributed by atoms with Gasteiger partial charge in [-0.1, -0.05) is 26.0 Å². The van der Waals surface area contributed by atoms with Gasteiger partial charge in [0, 0.05) is 5.57 Å². The van der Waals surface area contributed by atoms with E-state index in [1.807, 2.05) is 6.08 Å². The number of aliphatic carboxylic acids is 1. The molecule has 0 radical (unpaired) electrons. The Morgan fingerprint density at radius 1 is 1.18 bits per heavy atom. The summed E-state index contributed by atoms with van der Waals surface area (Å²) < 4.78 is 19.7. The van der Waals surface area contributed by atoms with Crippen LogP contribution in [0.4, 0.5) is 4.39 Å². The lowest BCUT2D eigenvalue weighted by Gasteiger charge is -2.56. The van der Waals surface area contributed by atoms with Crippen LogP contribution in [0.5, 0.6) is 0 Å². The van der Waals surface area contributed by atoms with E-state index in [9.17, 15) is 19.1 Å². The monoisotopic (exact) mass is 454 g/mol. The van der Waals surface area contributed by atoms with Crippen molar-refractivity contribution >= 4 is 11.8 Å². The van der Waals surface area contributed by atoms with Crippen LogP contribution in [0.2, 0.25) is 0 Å². The highest BCUT2D eigenvalue weighted by molar-refractivity contribution is 5.98. The number of halogens is 1. The zero-order valence-electron chi connectivity index (χ0n) is 19.7. The number of Topliss-reactive ketones (excluding diaryl/α,β-unsaturated/α-hetero) is 1. The molecule has 6 atom stereocenters. The Morgan fingerprint density at radius 3 is 2.76 bits per heavy atom. The van der Waals surface area contributed by atoms with Crippen molar-refractivity contribution in [3.05, 3.63) is 46.9 Å². The van der Waals surface area contributed by atoms with Gasteiger partial charge in [-0.2, -0.15) is 0 Å². The van der Waals surface area contributed by atoms with Gasteiger partial charge in [-0.15, -0.1) is 0 Å². The number of fused-ring (bicyclic) bond motifs is 5. The molecule has 178 valence electrons. The van der Waals surface area contributed by atoms with Crippen LogP contribution in [0, 0.1) is 28.6 Å². The van der Waals surface area contributed by atoms with Gasteiger partial charge in [0.25, 0.3) is 0 Å². The van der Waals surface area contributed by atoms with Crippen LogP contribution < -0.4 is 0 Å². The Morgan fingerprint density at radius 2 is 2.00 bits per heavy atom. The summed E-state index contributed by atoms with van der Waals surface area (Å²) in [6.45, 7) is 5.28. The molecule has 0 unspecified atom stereocenters. The zero-order valence-corrected chi connectivity index (χ0v) is 19.7. The first-order valence-corrected chi connectivity index (χ1v) is 12.6. The van der Waals surface area contributed by atoms with E-state index >= 15 is 0 Å². The molecular weight excluding hydrogens is 419 g/mol. The number of ether oxygens (including phenoxy) is 1. The van der Waals surface area contributed by atoms with Gasteiger partial charge in [-0.25, -0.2) is 9.18 Å². The van der Waals surface area contributed by atoms with Gasteiger partial charge in [0.2, 0.25) is 0 Å². The third-order valence-electron chi connectivity index (χ3n) is 9.80. The molecular formula is C28H35FO4. The summed E-state index contributed by atoms with van der Waals surface area (Å²) in [6.07, 6.45) is 15.1. The molecule has 0 bridgehead atoms. The number of allylic oxidation sites excluding steroid dienone is 6. The maximum Gasteiger partial charge on any atom is 0.331 e. The molecule has 5 heteroatoms. The maximum absolute atomic E-state index is 13.3. The summed E-state index contributed by atoms with van der Waals surface area (Å²) in [5.74, 6) is 0.584. The molecule has 0 aromatic rings. The predicted molar refractivity (Wildman–Crippen MR) is 124 cm³/mol. The Bertz CT molecular complexity index is 988. The lowest BCUT2D eigenvalue weighted by molar-refractivity contribution is -0.133. The summed E-state index contributed by atoms with van der Waals surface area (Å²) in [4.78, 5) is 23.5.